The molecule has 0 aliphatic heterocycles. The molecule has 2 N–H and O–H groups in total. The van der Waals surface area contributed by atoms with Gasteiger partial charge in [-0.15, -0.1) is 0 Å². The highest BCUT2D eigenvalue weighted by Crippen LogP contribution is 2.15. The molecule has 2 rings (SSSR count). The van der Waals surface area contributed by atoms with Gasteiger partial charge in [-0.05, 0) is 29.8 Å². The second-order valence-electron chi connectivity index (χ2n) is 5.09. The number of hydrogen-bond donors (Lipinski definition) is 2. The summed E-state index contributed by atoms with van der Waals surface area (Å²) in [5, 5.41) is 5.31. The Balaban J connectivity index is 1.99. The largest absolute Gasteiger partial charge is 0.497 e. The maximum Gasteiger partial charge on any atom is 0.328 e. The lowest BCUT2D eigenvalue weighted by Gasteiger charge is -2.17. The van der Waals surface area contributed by atoms with Crippen LogP contribution in [0.3, 0.4) is 0 Å². The molecule has 0 fully saturated rings. The Hall–Kier alpha value is -3.02. The van der Waals surface area contributed by atoms with Crippen molar-refractivity contribution in [3.05, 3.63) is 60.2 Å². The quantitative estimate of drug-likeness (QED) is 0.799. The van der Waals surface area contributed by atoms with E-state index in [4.69, 9.17) is 9.47 Å². The van der Waals surface area contributed by atoms with Crippen LogP contribution in [-0.2, 0) is 16.0 Å². The highest BCUT2D eigenvalue weighted by Gasteiger charge is 2.21. The van der Waals surface area contributed by atoms with Crippen molar-refractivity contribution in [3.8, 4) is 5.75 Å². The van der Waals surface area contributed by atoms with Crippen LogP contribution in [0.25, 0.3) is 0 Å². The molecule has 0 radical (unpaired) electrons. The molecular formula is C18H20N2O4. The second kappa shape index (κ2) is 8.57. The normalized spacial score (nSPS) is 11.2. The van der Waals surface area contributed by atoms with Crippen molar-refractivity contribution in [2.45, 2.75) is 12.5 Å². The Labute approximate surface area is 140 Å². The standard InChI is InChI=1S/C18H20N2O4/c1-23-15-10-8-14(9-11-15)19-18(22)20-16(17(21)24-2)12-13-6-4-3-5-7-13/h3-11,16H,12H2,1-2H3,(H2,19,20,22)/t16-/m0/s1. The summed E-state index contributed by atoms with van der Waals surface area (Å²) in [5.41, 5.74) is 1.52. The molecule has 0 spiro atoms. The molecule has 1 atom stereocenters. The molecule has 0 bridgehead atoms. The third-order valence-electron chi connectivity index (χ3n) is 3.42. The molecule has 0 saturated carbocycles. The number of hydrogen-bond acceptors (Lipinski definition) is 4. The van der Waals surface area contributed by atoms with Gasteiger partial charge in [0, 0.05) is 12.1 Å². The van der Waals surface area contributed by atoms with Crippen LogP contribution < -0.4 is 15.4 Å². The van der Waals surface area contributed by atoms with Crippen LogP contribution in [0.15, 0.2) is 54.6 Å². The SMILES string of the molecule is COC(=O)[C@H](Cc1ccccc1)NC(=O)Nc1ccc(OC)cc1. The maximum atomic E-state index is 12.1. The fourth-order valence-electron chi connectivity index (χ4n) is 2.19. The molecular weight excluding hydrogens is 308 g/mol. The molecule has 2 aromatic rings. The molecule has 0 saturated heterocycles. The predicted octanol–water partition coefficient (Wildman–Crippen LogP) is 2.60. The Morgan fingerprint density at radius 1 is 1.00 bits per heavy atom. The number of anilines is 1. The summed E-state index contributed by atoms with van der Waals surface area (Å²) >= 11 is 0. The van der Waals surface area contributed by atoms with Crippen molar-refractivity contribution >= 4 is 17.7 Å². The van der Waals surface area contributed by atoms with Crippen LogP contribution in [-0.4, -0.2) is 32.3 Å². The van der Waals surface area contributed by atoms with Crippen LogP contribution in [0.1, 0.15) is 5.56 Å². The summed E-state index contributed by atoms with van der Waals surface area (Å²) in [4.78, 5) is 24.0. The van der Waals surface area contributed by atoms with Crippen molar-refractivity contribution in [3.63, 3.8) is 0 Å². The number of urea groups is 1. The van der Waals surface area contributed by atoms with E-state index in [2.05, 4.69) is 10.6 Å². The number of esters is 1. The van der Waals surface area contributed by atoms with Gasteiger partial charge in [0.05, 0.1) is 14.2 Å². The molecule has 2 amide bonds. The van der Waals surface area contributed by atoms with Crippen molar-refractivity contribution < 1.29 is 19.1 Å². The smallest absolute Gasteiger partial charge is 0.328 e. The molecule has 0 aromatic heterocycles. The topological polar surface area (TPSA) is 76.7 Å². The van der Waals surface area contributed by atoms with E-state index in [1.54, 1.807) is 31.4 Å². The van der Waals surface area contributed by atoms with E-state index >= 15 is 0 Å². The Bertz CT molecular complexity index is 671. The molecule has 6 nitrogen and oxygen atoms in total. The fraction of sp³-hybridized carbons (Fsp3) is 0.222. The minimum atomic E-state index is -0.768. The van der Waals surface area contributed by atoms with E-state index in [-0.39, 0.29) is 0 Å². The number of rotatable bonds is 6. The number of carbonyl (C=O) groups excluding carboxylic acids is 2. The summed E-state index contributed by atoms with van der Waals surface area (Å²) in [6.07, 6.45) is 0.351. The monoisotopic (exact) mass is 328 g/mol. The Morgan fingerprint density at radius 2 is 1.67 bits per heavy atom. The van der Waals surface area contributed by atoms with Gasteiger partial charge in [-0.25, -0.2) is 9.59 Å². The molecule has 0 unspecified atom stereocenters. The van der Waals surface area contributed by atoms with Gasteiger partial charge in [0.2, 0.25) is 0 Å². The summed E-state index contributed by atoms with van der Waals surface area (Å²) < 4.78 is 9.83. The van der Waals surface area contributed by atoms with Crippen LogP contribution in [0.4, 0.5) is 10.5 Å². The van der Waals surface area contributed by atoms with Gasteiger partial charge in [-0.1, -0.05) is 30.3 Å². The third kappa shape index (κ3) is 5.01. The first kappa shape index (κ1) is 17.3. The zero-order valence-electron chi connectivity index (χ0n) is 13.6. The van der Waals surface area contributed by atoms with Gasteiger partial charge in [0.15, 0.2) is 0 Å². The van der Waals surface area contributed by atoms with Gasteiger partial charge in [0.1, 0.15) is 11.8 Å². The number of methoxy groups -OCH3 is 2. The Kier molecular flexibility index (Phi) is 6.19. The first-order chi connectivity index (χ1) is 11.6. The van der Waals surface area contributed by atoms with Crippen molar-refractivity contribution in [1.82, 2.24) is 5.32 Å². The summed E-state index contributed by atoms with van der Waals surface area (Å²) in [7, 11) is 2.86. The lowest BCUT2D eigenvalue weighted by atomic mass is 10.1. The van der Waals surface area contributed by atoms with E-state index in [0.29, 0.717) is 17.9 Å². The average molecular weight is 328 g/mol. The van der Waals surface area contributed by atoms with Crippen molar-refractivity contribution in [2.24, 2.45) is 0 Å². The highest BCUT2D eigenvalue weighted by molar-refractivity contribution is 5.92. The average Bonchev–Trinajstić information content (AvgIpc) is 2.62. The molecule has 24 heavy (non-hydrogen) atoms. The summed E-state index contributed by atoms with van der Waals surface area (Å²) in [6.45, 7) is 0. The van der Waals surface area contributed by atoms with Gasteiger partial charge < -0.3 is 20.1 Å². The maximum absolute atomic E-state index is 12.1. The van der Waals surface area contributed by atoms with E-state index in [0.717, 1.165) is 5.56 Å². The van der Waals surface area contributed by atoms with Gasteiger partial charge >= 0.3 is 12.0 Å². The second-order valence-corrected chi connectivity index (χ2v) is 5.09. The van der Waals surface area contributed by atoms with Gasteiger partial charge in [-0.2, -0.15) is 0 Å². The fourth-order valence-corrected chi connectivity index (χ4v) is 2.19. The molecule has 126 valence electrons. The van der Waals surface area contributed by atoms with Crippen LogP contribution >= 0.6 is 0 Å². The first-order valence-corrected chi connectivity index (χ1v) is 7.45. The minimum Gasteiger partial charge on any atom is -0.497 e. The van der Waals surface area contributed by atoms with Crippen LogP contribution in [0, 0.1) is 0 Å². The molecule has 0 aliphatic rings. The summed E-state index contributed by atoms with van der Waals surface area (Å²) in [6, 6.07) is 15.1. The van der Waals surface area contributed by atoms with E-state index in [1.165, 1.54) is 7.11 Å². The molecule has 2 aromatic carbocycles. The Morgan fingerprint density at radius 3 is 2.25 bits per heavy atom. The predicted molar refractivity (Wildman–Crippen MR) is 91.1 cm³/mol. The van der Waals surface area contributed by atoms with E-state index in [9.17, 15) is 9.59 Å². The van der Waals surface area contributed by atoms with Gasteiger partial charge in [-0.3, -0.25) is 0 Å². The lowest BCUT2D eigenvalue weighted by molar-refractivity contribution is -0.142. The van der Waals surface area contributed by atoms with Crippen molar-refractivity contribution in [2.75, 3.05) is 19.5 Å². The van der Waals surface area contributed by atoms with Gasteiger partial charge in [0.25, 0.3) is 0 Å². The minimum absolute atomic E-state index is 0.351. The van der Waals surface area contributed by atoms with Crippen molar-refractivity contribution in [1.29, 1.82) is 0 Å². The van der Waals surface area contributed by atoms with E-state index < -0.39 is 18.0 Å². The van der Waals surface area contributed by atoms with Crippen LogP contribution in [0.2, 0.25) is 0 Å². The molecule has 6 heteroatoms. The number of ether oxygens (including phenoxy) is 2. The number of carbonyl (C=O) groups is 2. The molecule has 0 aliphatic carbocycles. The zero-order valence-corrected chi connectivity index (χ0v) is 13.6. The first-order valence-electron chi connectivity index (χ1n) is 7.45. The molecule has 0 heterocycles. The number of benzene rings is 2. The zero-order chi connectivity index (χ0) is 17.4. The highest BCUT2D eigenvalue weighted by atomic mass is 16.5. The number of amides is 2. The third-order valence-corrected chi connectivity index (χ3v) is 3.42. The number of nitrogens with one attached hydrogen (secondary N) is 2. The van der Waals surface area contributed by atoms with E-state index in [1.807, 2.05) is 30.3 Å². The van der Waals surface area contributed by atoms with Crippen LogP contribution in [0.5, 0.6) is 5.75 Å². The summed E-state index contributed by atoms with van der Waals surface area (Å²) in [5.74, 6) is 0.196. The lowest BCUT2D eigenvalue weighted by Crippen LogP contribution is -2.45.